The maximum Gasteiger partial charge on any atom is 0.266 e. The number of thiazole rings is 1. The summed E-state index contributed by atoms with van der Waals surface area (Å²) in [5.41, 5.74) is 2.20. The van der Waals surface area contributed by atoms with Crippen LogP contribution in [0.2, 0.25) is 0 Å². The van der Waals surface area contributed by atoms with Crippen molar-refractivity contribution in [3.05, 3.63) is 71.2 Å². The Balaban J connectivity index is 1.56. The third kappa shape index (κ3) is 3.22. The van der Waals surface area contributed by atoms with Gasteiger partial charge in [-0.2, -0.15) is 0 Å². The summed E-state index contributed by atoms with van der Waals surface area (Å²) in [5.74, 6) is 0.905. The van der Waals surface area contributed by atoms with Gasteiger partial charge in [0.05, 0.1) is 19.3 Å². The Kier molecular flexibility index (Phi) is 4.71. The summed E-state index contributed by atoms with van der Waals surface area (Å²) in [4.78, 5) is 20.2. The van der Waals surface area contributed by atoms with Crippen molar-refractivity contribution in [3.63, 3.8) is 0 Å². The van der Waals surface area contributed by atoms with Gasteiger partial charge < -0.3 is 9.64 Å². The molecular weight excluding hydrogens is 344 g/mol. The molecule has 2 aromatic carbocycles. The highest BCUT2D eigenvalue weighted by atomic mass is 32.1. The van der Waals surface area contributed by atoms with E-state index in [1.54, 1.807) is 13.3 Å². The predicted molar refractivity (Wildman–Crippen MR) is 104 cm³/mol. The molecule has 0 spiro atoms. The van der Waals surface area contributed by atoms with Gasteiger partial charge in [-0.25, -0.2) is 4.98 Å². The molecule has 0 radical (unpaired) electrons. The second-order valence-corrected chi connectivity index (χ2v) is 7.36. The first-order valence-corrected chi connectivity index (χ1v) is 9.54. The maximum absolute atomic E-state index is 13.1. The van der Waals surface area contributed by atoms with Crippen molar-refractivity contribution in [2.75, 3.05) is 13.7 Å². The number of aromatic nitrogens is 1. The number of nitrogens with zero attached hydrogens (tertiary/aromatic N) is 2. The van der Waals surface area contributed by atoms with E-state index in [2.05, 4.69) is 17.1 Å². The van der Waals surface area contributed by atoms with Crippen LogP contribution in [0.4, 0.5) is 0 Å². The summed E-state index contributed by atoms with van der Waals surface area (Å²) in [5, 5.41) is 0.883. The molecule has 1 amide bonds. The van der Waals surface area contributed by atoms with Crippen molar-refractivity contribution < 1.29 is 9.53 Å². The van der Waals surface area contributed by atoms with Crippen LogP contribution in [0.15, 0.2) is 60.8 Å². The van der Waals surface area contributed by atoms with Gasteiger partial charge in [-0.1, -0.05) is 42.5 Å². The van der Waals surface area contributed by atoms with E-state index >= 15 is 0 Å². The number of hydrogen-bond acceptors (Lipinski definition) is 4. The number of ether oxygens (including phenoxy) is 1. The zero-order chi connectivity index (χ0) is 17.9. The highest BCUT2D eigenvalue weighted by Gasteiger charge is 2.31. The smallest absolute Gasteiger partial charge is 0.266 e. The monoisotopic (exact) mass is 364 g/mol. The predicted octanol–water partition coefficient (Wildman–Crippen LogP) is 4.80. The van der Waals surface area contributed by atoms with Crippen LogP contribution in [-0.4, -0.2) is 29.4 Å². The second-order valence-electron chi connectivity index (χ2n) is 6.33. The van der Waals surface area contributed by atoms with Crippen LogP contribution in [0.3, 0.4) is 0 Å². The van der Waals surface area contributed by atoms with E-state index in [1.807, 2.05) is 47.4 Å². The molecule has 0 N–H and O–H groups in total. The lowest BCUT2D eigenvalue weighted by Gasteiger charge is -2.24. The third-order valence-corrected chi connectivity index (χ3v) is 5.79. The SMILES string of the molecule is COc1ccc([C@H]2CCCN2C(=O)c2cnc(-c3ccccc3)s2)cc1. The lowest BCUT2D eigenvalue weighted by atomic mass is 10.0. The average molecular weight is 364 g/mol. The first kappa shape index (κ1) is 16.8. The number of likely N-dealkylation sites (tertiary alicyclic amines) is 1. The molecule has 1 atom stereocenters. The fraction of sp³-hybridized carbons (Fsp3) is 0.238. The van der Waals surface area contributed by atoms with Crippen molar-refractivity contribution in [2.45, 2.75) is 18.9 Å². The Morgan fingerprint density at radius 1 is 1.15 bits per heavy atom. The van der Waals surface area contributed by atoms with Crippen LogP contribution >= 0.6 is 11.3 Å². The first-order valence-electron chi connectivity index (χ1n) is 8.72. The second kappa shape index (κ2) is 7.30. The summed E-state index contributed by atoms with van der Waals surface area (Å²) in [6, 6.07) is 18.1. The van der Waals surface area contributed by atoms with Crippen LogP contribution in [0.25, 0.3) is 10.6 Å². The minimum absolute atomic E-state index is 0.0722. The van der Waals surface area contributed by atoms with Crippen molar-refractivity contribution >= 4 is 17.2 Å². The van der Waals surface area contributed by atoms with Crippen LogP contribution in [0.5, 0.6) is 5.75 Å². The number of methoxy groups -OCH3 is 1. The summed E-state index contributed by atoms with van der Waals surface area (Å²) >= 11 is 1.46. The number of hydrogen-bond donors (Lipinski definition) is 0. The lowest BCUT2D eigenvalue weighted by molar-refractivity contribution is 0.0740. The summed E-state index contributed by atoms with van der Waals surface area (Å²) < 4.78 is 5.23. The molecule has 2 heterocycles. The lowest BCUT2D eigenvalue weighted by Crippen LogP contribution is -2.29. The van der Waals surface area contributed by atoms with Crippen molar-refractivity contribution in [3.8, 4) is 16.3 Å². The fourth-order valence-corrected chi connectivity index (χ4v) is 4.29. The molecule has 0 aliphatic carbocycles. The molecule has 1 saturated heterocycles. The molecule has 4 nitrogen and oxygen atoms in total. The average Bonchev–Trinajstić information content (AvgIpc) is 3.38. The molecule has 4 rings (SSSR count). The van der Waals surface area contributed by atoms with E-state index in [1.165, 1.54) is 11.3 Å². The molecule has 0 unspecified atom stereocenters. The van der Waals surface area contributed by atoms with E-state index in [-0.39, 0.29) is 11.9 Å². The van der Waals surface area contributed by atoms with Crippen molar-refractivity contribution in [2.24, 2.45) is 0 Å². The fourth-order valence-electron chi connectivity index (χ4n) is 3.41. The van der Waals surface area contributed by atoms with Crippen LogP contribution in [0, 0.1) is 0 Å². The third-order valence-electron chi connectivity index (χ3n) is 4.75. The molecular formula is C21H20N2O2S. The van der Waals surface area contributed by atoms with E-state index in [0.717, 1.165) is 41.3 Å². The Hall–Kier alpha value is -2.66. The molecule has 1 fully saturated rings. The Morgan fingerprint density at radius 3 is 2.65 bits per heavy atom. The zero-order valence-corrected chi connectivity index (χ0v) is 15.4. The summed E-state index contributed by atoms with van der Waals surface area (Å²) in [6.07, 6.45) is 3.72. The Morgan fingerprint density at radius 2 is 1.92 bits per heavy atom. The largest absolute Gasteiger partial charge is 0.497 e. The minimum atomic E-state index is 0.0722. The topological polar surface area (TPSA) is 42.4 Å². The zero-order valence-electron chi connectivity index (χ0n) is 14.6. The highest BCUT2D eigenvalue weighted by molar-refractivity contribution is 7.16. The molecule has 1 aromatic heterocycles. The Bertz CT molecular complexity index is 890. The molecule has 1 aliphatic heterocycles. The van der Waals surface area contributed by atoms with Gasteiger partial charge in [-0.3, -0.25) is 4.79 Å². The van der Waals surface area contributed by atoms with Crippen LogP contribution in [-0.2, 0) is 0 Å². The number of carbonyl (C=O) groups is 1. The van der Waals surface area contributed by atoms with Crippen molar-refractivity contribution in [1.82, 2.24) is 9.88 Å². The number of carbonyl (C=O) groups excluding carboxylic acids is 1. The van der Waals surface area contributed by atoms with E-state index < -0.39 is 0 Å². The van der Waals surface area contributed by atoms with Crippen LogP contribution in [0.1, 0.15) is 34.1 Å². The molecule has 0 saturated carbocycles. The first-order chi connectivity index (χ1) is 12.8. The number of benzene rings is 2. The van der Waals surface area contributed by atoms with Gasteiger partial charge in [-0.05, 0) is 30.5 Å². The normalized spacial score (nSPS) is 16.7. The van der Waals surface area contributed by atoms with Gasteiger partial charge in [0.2, 0.25) is 0 Å². The number of amides is 1. The van der Waals surface area contributed by atoms with Gasteiger partial charge in [0.15, 0.2) is 0 Å². The highest BCUT2D eigenvalue weighted by Crippen LogP contribution is 2.35. The van der Waals surface area contributed by atoms with Crippen molar-refractivity contribution in [1.29, 1.82) is 0 Å². The minimum Gasteiger partial charge on any atom is -0.497 e. The van der Waals surface area contributed by atoms with E-state index in [9.17, 15) is 4.79 Å². The summed E-state index contributed by atoms with van der Waals surface area (Å²) in [7, 11) is 1.66. The van der Waals surface area contributed by atoms with Crippen LogP contribution < -0.4 is 4.74 Å². The van der Waals surface area contributed by atoms with Gasteiger partial charge in [-0.15, -0.1) is 11.3 Å². The molecule has 132 valence electrons. The quantitative estimate of drug-likeness (QED) is 0.668. The maximum atomic E-state index is 13.1. The number of rotatable bonds is 4. The molecule has 5 heteroatoms. The Labute approximate surface area is 157 Å². The molecule has 0 bridgehead atoms. The van der Waals surface area contributed by atoms with E-state index in [4.69, 9.17) is 4.74 Å². The molecule has 26 heavy (non-hydrogen) atoms. The van der Waals surface area contributed by atoms with E-state index in [0.29, 0.717) is 4.88 Å². The standard InChI is InChI=1S/C21H20N2O2S/c1-25-17-11-9-15(10-12-17)18-8-5-13-23(18)21(24)19-14-22-20(26-19)16-6-3-2-4-7-16/h2-4,6-7,9-12,14,18H,5,8,13H2,1H3/t18-/m1/s1. The van der Waals surface area contributed by atoms with Gasteiger partial charge in [0.25, 0.3) is 5.91 Å². The van der Waals surface area contributed by atoms with Gasteiger partial charge in [0, 0.05) is 12.1 Å². The van der Waals surface area contributed by atoms with Gasteiger partial charge in [0.1, 0.15) is 15.6 Å². The summed E-state index contributed by atoms with van der Waals surface area (Å²) in [6.45, 7) is 0.786. The van der Waals surface area contributed by atoms with Gasteiger partial charge >= 0.3 is 0 Å². The molecule has 1 aliphatic rings. The molecule has 3 aromatic rings.